The zero-order chi connectivity index (χ0) is 14.0. The number of carboxylic acids is 1. The quantitative estimate of drug-likeness (QED) is 0.809. The first kappa shape index (κ1) is 14.6. The van der Waals surface area contributed by atoms with E-state index in [0.29, 0.717) is 6.54 Å². The molecule has 0 aliphatic carbocycles. The molecular weight excluding hydrogens is 258 g/mol. The molecule has 0 aliphatic heterocycles. The predicted octanol–water partition coefficient (Wildman–Crippen LogP) is 0.466. The van der Waals surface area contributed by atoms with Crippen LogP contribution in [0.25, 0.3) is 0 Å². The number of carboxylic acid groups (broad SMARTS) is 1. The Kier molecular flexibility index (Phi) is 4.10. The number of sulfone groups is 1. The minimum Gasteiger partial charge on any atom is -0.480 e. The van der Waals surface area contributed by atoms with E-state index in [1.165, 1.54) is 24.9 Å². The van der Waals surface area contributed by atoms with Crippen molar-refractivity contribution in [2.24, 2.45) is 0 Å². The molecule has 1 aromatic heterocycles. The molecule has 0 aromatic carbocycles. The van der Waals surface area contributed by atoms with Gasteiger partial charge in [-0.1, -0.05) is 6.92 Å². The third kappa shape index (κ3) is 2.69. The van der Waals surface area contributed by atoms with Gasteiger partial charge in [-0.15, -0.1) is 0 Å². The van der Waals surface area contributed by atoms with Crippen LogP contribution in [0.3, 0.4) is 0 Å². The summed E-state index contributed by atoms with van der Waals surface area (Å²) < 4.78 is 23.8. The summed E-state index contributed by atoms with van der Waals surface area (Å²) in [6, 6.07) is 0. The SMILES string of the molecule is CCCn1ncnc1CS(=O)(=O)C(C)(C)C(=O)O. The maximum atomic E-state index is 12.1. The fraction of sp³-hybridized carbons (Fsp3) is 0.700. The molecule has 0 saturated carbocycles. The van der Waals surface area contributed by atoms with E-state index in [1.807, 2.05) is 6.92 Å². The number of hydrogen-bond donors (Lipinski definition) is 1. The van der Waals surface area contributed by atoms with E-state index in [0.717, 1.165) is 6.42 Å². The fourth-order valence-corrected chi connectivity index (χ4v) is 2.47. The summed E-state index contributed by atoms with van der Waals surface area (Å²) in [7, 11) is -3.85. The van der Waals surface area contributed by atoms with Crippen molar-refractivity contribution >= 4 is 15.8 Å². The van der Waals surface area contributed by atoms with Crippen molar-refractivity contribution in [3.05, 3.63) is 12.2 Å². The molecule has 0 fully saturated rings. The largest absolute Gasteiger partial charge is 0.480 e. The number of nitrogens with zero attached hydrogens (tertiary/aromatic N) is 3. The third-order valence-electron chi connectivity index (χ3n) is 2.74. The van der Waals surface area contributed by atoms with Gasteiger partial charge in [-0.25, -0.2) is 18.1 Å². The molecule has 0 amide bonds. The van der Waals surface area contributed by atoms with Crippen LogP contribution in [0.1, 0.15) is 33.0 Å². The van der Waals surface area contributed by atoms with Gasteiger partial charge in [0.15, 0.2) is 14.6 Å². The van der Waals surface area contributed by atoms with Gasteiger partial charge >= 0.3 is 5.97 Å². The van der Waals surface area contributed by atoms with Crippen molar-refractivity contribution in [3.63, 3.8) is 0 Å². The Morgan fingerprint density at radius 1 is 1.50 bits per heavy atom. The van der Waals surface area contributed by atoms with Gasteiger partial charge < -0.3 is 5.11 Å². The highest BCUT2D eigenvalue weighted by molar-refractivity contribution is 7.92. The maximum absolute atomic E-state index is 12.1. The van der Waals surface area contributed by atoms with Crippen LogP contribution in [0.4, 0.5) is 0 Å². The molecule has 18 heavy (non-hydrogen) atoms. The van der Waals surface area contributed by atoms with Crippen LogP contribution in [0, 0.1) is 0 Å². The number of rotatable bonds is 6. The van der Waals surface area contributed by atoms with E-state index in [2.05, 4.69) is 10.1 Å². The van der Waals surface area contributed by atoms with Crippen LogP contribution in [-0.4, -0.2) is 39.0 Å². The van der Waals surface area contributed by atoms with E-state index < -0.39 is 26.3 Å². The van der Waals surface area contributed by atoms with Crippen molar-refractivity contribution in [1.29, 1.82) is 0 Å². The van der Waals surface area contributed by atoms with Gasteiger partial charge in [0, 0.05) is 6.54 Å². The summed E-state index contributed by atoms with van der Waals surface area (Å²) in [6.07, 6.45) is 2.06. The summed E-state index contributed by atoms with van der Waals surface area (Å²) >= 11 is 0. The van der Waals surface area contributed by atoms with Gasteiger partial charge in [-0.3, -0.25) is 4.79 Å². The lowest BCUT2D eigenvalue weighted by atomic mass is 10.2. The van der Waals surface area contributed by atoms with Crippen molar-refractivity contribution < 1.29 is 18.3 Å². The lowest BCUT2D eigenvalue weighted by Gasteiger charge is -2.19. The molecular formula is C10H17N3O4S. The highest BCUT2D eigenvalue weighted by atomic mass is 32.2. The van der Waals surface area contributed by atoms with Gasteiger partial charge in [0.05, 0.1) is 0 Å². The topological polar surface area (TPSA) is 102 Å². The van der Waals surface area contributed by atoms with Crippen LogP contribution in [0.5, 0.6) is 0 Å². The average molecular weight is 275 g/mol. The lowest BCUT2D eigenvalue weighted by molar-refractivity contribution is -0.139. The molecule has 0 saturated heterocycles. The number of aliphatic carboxylic acids is 1. The Morgan fingerprint density at radius 2 is 2.11 bits per heavy atom. The standard InChI is InChI=1S/C10H17N3O4S/c1-4-5-13-8(11-7-12-13)6-18(16,17)10(2,3)9(14)15/h7H,4-6H2,1-3H3,(H,14,15). The van der Waals surface area contributed by atoms with E-state index >= 15 is 0 Å². The summed E-state index contributed by atoms with van der Waals surface area (Å²) in [5.41, 5.74) is 0. The molecule has 1 aromatic rings. The monoisotopic (exact) mass is 275 g/mol. The van der Waals surface area contributed by atoms with E-state index in [4.69, 9.17) is 5.11 Å². The molecule has 1 N–H and O–H groups in total. The van der Waals surface area contributed by atoms with Gasteiger partial charge in [0.25, 0.3) is 0 Å². The van der Waals surface area contributed by atoms with Crippen molar-refractivity contribution in [3.8, 4) is 0 Å². The Hall–Kier alpha value is -1.44. The predicted molar refractivity (Wildman–Crippen MR) is 64.7 cm³/mol. The molecule has 0 radical (unpaired) electrons. The van der Waals surface area contributed by atoms with E-state index in [9.17, 15) is 13.2 Å². The Bertz CT molecular complexity index is 533. The van der Waals surface area contributed by atoms with Gasteiger partial charge in [0.1, 0.15) is 17.9 Å². The molecule has 0 atom stereocenters. The van der Waals surface area contributed by atoms with Gasteiger partial charge in [0.2, 0.25) is 0 Å². The first-order chi connectivity index (χ1) is 8.22. The lowest BCUT2D eigenvalue weighted by Crippen LogP contribution is -2.41. The van der Waals surface area contributed by atoms with Crippen molar-refractivity contribution in [2.45, 2.75) is 44.2 Å². The Balaban J connectivity index is 3.03. The highest BCUT2D eigenvalue weighted by Crippen LogP contribution is 2.21. The second-order valence-electron chi connectivity index (χ2n) is 4.47. The zero-order valence-electron chi connectivity index (χ0n) is 10.6. The van der Waals surface area contributed by atoms with Crippen LogP contribution >= 0.6 is 0 Å². The summed E-state index contributed by atoms with van der Waals surface area (Å²) in [4.78, 5) is 14.9. The molecule has 102 valence electrons. The Morgan fingerprint density at radius 3 is 2.61 bits per heavy atom. The van der Waals surface area contributed by atoms with Crippen LogP contribution in [0.2, 0.25) is 0 Å². The maximum Gasteiger partial charge on any atom is 0.324 e. The van der Waals surface area contributed by atoms with Crippen LogP contribution < -0.4 is 0 Å². The number of hydrogen-bond acceptors (Lipinski definition) is 5. The van der Waals surface area contributed by atoms with Crippen molar-refractivity contribution in [1.82, 2.24) is 14.8 Å². The summed E-state index contributed by atoms with van der Waals surface area (Å²) in [5, 5.41) is 12.9. The van der Waals surface area contributed by atoms with E-state index in [1.54, 1.807) is 0 Å². The fourth-order valence-electron chi connectivity index (χ4n) is 1.28. The van der Waals surface area contributed by atoms with Gasteiger partial charge in [-0.05, 0) is 20.3 Å². The first-order valence-corrected chi connectivity index (χ1v) is 7.20. The smallest absolute Gasteiger partial charge is 0.324 e. The Labute approximate surface area is 106 Å². The van der Waals surface area contributed by atoms with E-state index in [-0.39, 0.29) is 5.82 Å². The molecule has 0 spiro atoms. The molecule has 0 bridgehead atoms. The molecule has 1 rings (SSSR count). The number of aryl methyl sites for hydroxylation is 1. The molecule has 0 unspecified atom stereocenters. The first-order valence-electron chi connectivity index (χ1n) is 5.54. The zero-order valence-corrected chi connectivity index (χ0v) is 11.4. The van der Waals surface area contributed by atoms with Crippen molar-refractivity contribution in [2.75, 3.05) is 0 Å². The molecule has 1 heterocycles. The minimum absolute atomic E-state index is 0.270. The number of aromatic nitrogens is 3. The second kappa shape index (κ2) is 5.05. The molecule has 0 aliphatic rings. The third-order valence-corrected chi connectivity index (χ3v) is 5.11. The van der Waals surface area contributed by atoms with Gasteiger partial charge in [-0.2, -0.15) is 5.10 Å². The van der Waals surface area contributed by atoms with Crippen LogP contribution in [-0.2, 0) is 26.9 Å². The average Bonchev–Trinajstić information content (AvgIpc) is 2.65. The minimum atomic E-state index is -3.85. The molecule has 8 heteroatoms. The summed E-state index contributed by atoms with van der Waals surface area (Å²) in [5.74, 6) is -1.53. The summed E-state index contributed by atoms with van der Waals surface area (Å²) in [6.45, 7) is 4.83. The second-order valence-corrected chi connectivity index (χ2v) is 7.01. The molecule has 7 nitrogen and oxygen atoms in total. The van der Waals surface area contributed by atoms with Crippen LogP contribution in [0.15, 0.2) is 6.33 Å². The highest BCUT2D eigenvalue weighted by Gasteiger charge is 2.42. The normalized spacial score (nSPS) is 12.6. The number of carbonyl (C=O) groups is 1.